The summed E-state index contributed by atoms with van der Waals surface area (Å²) in [6, 6.07) is -0.645. The molecule has 5 heteroatoms. The highest BCUT2D eigenvalue weighted by Crippen LogP contribution is 2.28. The maximum atomic E-state index is 12.4. The first-order valence-electron chi connectivity index (χ1n) is 8.70. The summed E-state index contributed by atoms with van der Waals surface area (Å²) in [6.45, 7) is 5.90. The second-order valence-electron chi connectivity index (χ2n) is 6.22. The van der Waals surface area contributed by atoms with E-state index in [1.165, 1.54) is 7.11 Å². The Morgan fingerprint density at radius 2 is 1.96 bits per heavy atom. The molecule has 0 aromatic carbocycles. The van der Waals surface area contributed by atoms with Gasteiger partial charge in [-0.15, -0.1) is 0 Å². The van der Waals surface area contributed by atoms with Crippen LogP contribution in [0.2, 0.25) is 0 Å². The van der Waals surface area contributed by atoms with Crippen molar-refractivity contribution in [3.63, 3.8) is 0 Å². The van der Waals surface area contributed by atoms with Crippen LogP contribution in [0.15, 0.2) is 23.3 Å². The molecule has 1 rings (SSSR count). The molecule has 1 aliphatic carbocycles. The lowest BCUT2D eigenvalue weighted by molar-refractivity contribution is -0.146. The molecule has 0 bridgehead atoms. The fraction of sp³-hybridized carbons (Fsp3) is 0.632. The maximum Gasteiger partial charge on any atom is 0.328 e. The summed E-state index contributed by atoms with van der Waals surface area (Å²) >= 11 is 0. The Kier molecular flexibility index (Phi) is 8.44. The highest BCUT2D eigenvalue weighted by Gasteiger charge is 2.28. The fourth-order valence-electron chi connectivity index (χ4n) is 2.80. The van der Waals surface area contributed by atoms with E-state index in [9.17, 15) is 14.4 Å². The van der Waals surface area contributed by atoms with Gasteiger partial charge in [0, 0.05) is 12.8 Å². The van der Waals surface area contributed by atoms with E-state index in [1.54, 1.807) is 0 Å². The topological polar surface area (TPSA) is 72.5 Å². The molecule has 0 radical (unpaired) electrons. The van der Waals surface area contributed by atoms with Gasteiger partial charge in [0.15, 0.2) is 5.78 Å². The third-order valence-electron chi connectivity index (χ3n) is 4.50. The first kappa shape index (κ1) is 20.1. The molecule has 0 heterocycles. The summed E-state index contributed by atoms with van der Waals surface area (Å²) in [5, 5.41) is 2.77. The predicted molar refractivity (Wildman–Crippen MR) is 93.3 cm³/mol. The Hall–Kier alpha value is -1.91. The van der Waals surface area contributed by atoms with Crippen LogP contribution in [0.4, 0.5) is 0 Å². The van der Waals surface area contributed by atoms with Gasteiger partial charge < -0.3 is 10.1 Å². The molecule has 0 saturated carbocycles. The Labute approximate surface area is 144 Å². The van der Waals surface area contributed by atoms with E-state index in [4.69, 9.17) is 4.74 Å². The van der Waals surface area contributed by atoms with Crippen molar-refractivity contribution in [2.45, 2.75) is 65.3 Å². The molecule has 0 spiro atoms. The molecule has 134 valence electrons. The van der Waals surface area contributed by atoms with Crippen LogP contribution in [-0.4, -0.2) is 30.8 Å². The molecule has 0 aromatic rings. The zero-order valence-electron chi connectivity index (χ0n) is 15.2. The van der Waals surface area contributed by atoms with Gasteiger partial charge in [0.25, 0.3) is 0 Å². The van der Waals surface area contributed by atoms with Crippen LogP contribution in [0.25, 0.3) is 0 Å². The number of nitrogens with one attached hydrogen (secondary N) is 1. The minimum absolute atomic E-state index is 0.00690. The molecule has 0 fully saturated rings. The van der Waals surface area contributed by atoms with Gasteiger partial charge in [-0.3, -0.25) is 9.59 Å². The number of hydrogen-bond acceptors (Lipinski definition) is 4. The molecule has 1 amide bonds. The van der Waals surface area contributed by atoms with Crippen molar-refractivity contribution >= 4 is 17.7 Å². The SMILES string of the molecule is CC/C=C\CC1=C(CC(=O)N[C@H](C(=O)OC)[C@@H](C)CC)CCC1=O. The first-order valence-corrected chi connectivity index (χ1v) is 8.70. The van der Waals surface area contributed by atoms with Crippen LogP contribution < -0.4 is 5.32 Å². The quantitative estimate of drug-likeness (QED) is 0.519. The van der Waals surface area contributed by atoms with E-state index in [2.05, 4.69) is 5.32 Å². The Bertz CT molecular complexity index is 533. The van der Waals surface area contributed by atoms with Crippen molar-refractivity contribution in [2.24, 2.45) is 5.92 Å². The van der Waals surface area contributed by atoms with Crippen LogP contribution in [0.1, 0.15) is 59.3 Å². The molecule has 1 aliphatic rings. The molecule has 2 atom stereocenters. The zero-order chi connectivity index (χ0) is 18.1. The standard InChI is InChI=1S/C19H29NO4/c1-5-7-8-9-15-14(10-11-16(15)21)12-17(22)20-18(13(3)6-2)19(23)24-4/h7-8,13,18H,5-6,9-12H2,1-4H3,(H,20,22)/b8-7-/t13-,18-/m0/s1. The number of ether oxygens (including phenoxy) is 1. The minimum atomic E-state index is -0.645. The predicted octanol–water partition coefficient (Wildman–Crippen LogP) is 3.10. The summed E-state index contributed by atoms with van der Waals surface area (Å²) in [5.41, 5.74) is 1.65. The van der Waals surface area contributed by atoms with E-state index < -0.39 is 12.0 Å². The number of esters is 1. The number of ketones is 1. The molecule has 0 aliphatic heterocycles. The second kappa shape index (κ2) is 10.1. The number of allylic oxidation sites excluding steroid dienone is 3. The third-order valence-corrected chi connectivity index (χ3v) is 4.50. The Morgan fingerprint density at radius 1 is 1.25 bits per heavy atom. The summed E-state index contributed by atoms with van der Waals surface area (Å²) in [4.78, 5) is 36.2. The van der Waals surface area contributed by atoms with Gasteiger partial charge >= 0.3 is 5.97 Å². The number of hydrogen-bond donors (Lipinski definition) is 1. The van der Waals surface area contributed by atoms with Crippen LogP contribution >= 0.6 is 0 Å². The molecule has 0 saturated heterocycles. The second-order valence-corrected chi connectivity index (χ2v) is 6.22. The molecule has 5 nitrogen and oxygen atoms in total. The summed E-state index contributed by atoms with van der Waals surface area (Å²) in [6.07, 6.45) is 7.55. The van der Waals surface area contributed by atoms with Crippen molar-refractivity contribution in [1.82, 2.24) is 5.32 Å². The molecule has 1 N–H and O–H groups in total. The van der Waals surface area contributed by atoms with E-state index in [0.717, 1.165) is 24.0 Å². The summed E-state index contributed by atoms with van der Waals surface area (Å²) in [5.74, 6) is -0.537. The van der Waals surface area contributed by atoms with E-state index in [-0.39, 0.29) is 24.0 Å². The lowest BCUT2D eigenvalue weighted by Gasteiger charge is -2.22. The molecular weight excluding hydrogens is 306 g/mol. The van der Waals surface area contributed by atoms with Crippen molar-refractivity contribution < 1.29 is 19.1 Å². The maximum absolute atomic E-state index is 12.4. The number of Topliss-reactive ketones (excluding diaryl/α,β-unsaturated/α-hetero) is 1. The van der Waals surface area contributed by atoms with E-state index >= 15 is 0 Å². The fourth-order valence-corrected chi connectivity index (χ4v) is 2.80. The largest absolute Gasteiger partial charge is 0.467 e. The highest BCUT2D eigenvalue weighted by atomic mass is 16.5. The van der Waals surface area contributed by atoms with Gasteiger partial charge in [-0.2, -0.15) is 0 Å². The van der Waals surface area contributed by atoms with Crippen molar-refractivity contribution in [1.29, 1.82) is 0 Å². The number of amides is 1. The lowest BCUT2D eigenvalue weighted by atomic mass is 9.98. The molecular formula is C19H29NO4. The Balaban J connectivity index is 2.78. The van der Waals surface area contributed by atoms with Gasteiger partial charge in [-0.25, -0.2) is 4.79 Å². The number of rotatable bonds is 9. The van der Waals surface area contributed by atoms with Crippen LogP contribution in [-0.2, 0) is 19.1 Å². The lowest BCUT2D eigenvalue weighted by Crippen LogP contribution is -2.45. The molecule has 24 heavy (non-hydrogen) atoms. The van der Waals surface area contributed by atoms with Gasteiger partial charge in [-0.05, 0) is 30.8 Å². The minimum Gasteiger partial charge on any atom is -0.467 e. The van der Waals surface area contributed by atoms with Crippen molar-refractivity contribution in [3.8, 4) is 0 Å². The van der Waals surface area contributed by atoms with E-state index in [1.807, 2.05) is 32.9 Å². The van der Waals surface area contributed by atoms with Crippen LogP contribution in [0.5, 0.6) is 0 Å². The average Bonchev–Trinajstić information content (AvgIpc) is 2.91. The van der Waals surface area contributed by atoms with Crippen molar-refractivity contribution in [2.75, 3.05) is 7.11 Å². The van der Waals surface area contributed by atoms with Gasteiger partial charge in [0.2, 0.25) is 5.91 Å². The van der Waals surface area contributed by atoms with Crippen molar-refractivity contribution in [3.05, 3.63) is 23.3 Å². The normalized spacial score (nSPS) is 17.2. The van der Waals surface area contributed by atoms with Gasteiger partial charge in [-0.1, -0.05) is 44.9 Å². The number of methoxy groups -OCH3 is 1. The summed E-state index contributed by atoms with van der Waals surface area (Å²) in [7, 11) is 1.32. The Morgan fingerprint density at radius 3 is 2.54 bits per heavy atom. The smallest absolute Gasteiger partial charge is 0.328 e. The summed E-state index contributed by atoms with van der Waals surface area (Å²) < 4.78 is 4.78. The van der Waals surface area contributed by atoms with Gasteiger partial charge in [0.1, 0.15) is 6.04 Å². The molecule has 0 aromatic heterocycles. The monoisotopic (exact) mass is 335 g/mol. The van der Waals surface area contributed by atoms with Crippen LogP contribution in [0, 0.1) is 5.92 Å². The van der Waals surface area contributed by atoms with Crippen LogP contribution in [0.3, 0.4) is 0 Å². The number of carbonyl (C=O) groups excluding carboxylic acids is 3. The average molecular weight is 335 g/mol. The third kappa shape index (κ3) is 5.62. The molecule has 0 unspecified atom stereocenters. The van der Waals surface area contributed by atoms with E-state index in [0.29, 0.717) is 19.3 Å². The van der Waals surface area contributed by atoms with Gasteiger partial charge in [0.05, 0.1) is 7.11 Å². The number of carbonyl (C=O) groups is 3. The first-order chi connectivity index (χ1) is 11.4. The zero-order valence-corrected chi connectivity index (χ0v) is 15.2. The highest BCUT2D eigenvalue weighted by molar-refractivity contribution is 6.00.